The van der Waals surface area contributed by atoms with Crippen LogP contribution in [0.5, 0.6) is 5.75 Å². The van der Waals surface area contributed by atoms with E-state index >= 15 is 0 Å². The van der Waals surface area contributed by atoms with Gasteiger partial charge in [-0.05, 0) is 30.3 Å². The number of hydrogen-bond donors (Lipinski definition) is 0. The van der Waals surface area contributed by atoms with E-state index < -0.39 is 0 Å². The average molecular weight is 213 g/mol. The first-order valence-corrected chi connectivity index (χ1v) is 5.04. The smallest absolute Gasteiger partial charge is 0.119 e. The van der Waals surface area contributed by atoms with E-state index in [9.17, 15) is 0 Å². The second-order valence-electron chi connectivity index (χ2n) is 3.51. The number of nitrogens with zero attached hydrogens (tertiary/aromatic N) is 3. The molecule has 0 atom stereocenters. The fourth-order valence-electron chi connectivity index (χ4n) is 1.80. The molecule has 4 nitrogen and oxygen atoms in total. The molecule has 1 aromatic carbocycles. The summed E-state index contributed by atoms with van der Waals surface area (Å²) in [7, 11) is 1.67. The molecule has 0 radical (unpaired) electrons. The van der Waals surface area contributed by atoms with Crippen LogP contribution >= 0.6 is 0 Å². The Balaban J connectivity index is 2.21. The topological polar surface area (TPSA) is 32.0 Å². The van der Waals surface area contributed by atoms with Crippen LogP contribution in [0, 0.1) is 0 Å². The fraction of sp³-hybridized carbons (Fsp3) is 0.0833. The maximum atomic E-state index is 5.19. The van der Waals surface area contributed by atoms with Crippen molar-refractivity contribution >= 4 is 10.9 Å². The molecule has 0 saturated heterocycles. The first-order chi connectivity index (χ1) is 7.88. The third kappa shape index (κ3) is 1.27. The molecule has 0 fully saturated rings. The van der Waals surface area contributed by atoms with E-state index in [0.29, 0.717) is 0 Å². The second-order valence-corrected chi connectivity index (χ2v) is 3.51. The van der Waals surface area contributed by atoms with Gasteiger partial charge in [-0.25, -0.2) is 4.68 Å². The molecule has 2 aromatic heterocycles. The summed E-state index contributed by atoms with van der Waals surface area (Å²) in [5.74, 6) is 0.866. The highest BCUT2D eigenvalue weighted by Crippen LogP contribution is 2.21. The molecule has 2 heterocycles. The van der Waals surface area contributed by atoms with Crippen LogP contribution < -0.4 is 4.74 Å². The molecule has 0 unspecified atom stereocenters. The highest BCUT2D eigenvalue weighted by Gasteiger charge is 2.03. The zero-order chi connectivity index (χ0) is 11.0. The van der Waals surface area contributed by atoms with Crippen molar-refractivity contribution in [2.75, 3.05) is 7.11 Å². The monoisotopic (exact) mass is 213 g/mol. The number of benzene rings is 1. The normalized spacial score (nSPS) is 10.8. The zero-order valence-electron chi connectivity index (χ0n) is 8.87. The number of hydrogen-bond acceptors (Lipinski definition) is 2. The quantitative estimate of drug-likeness (QED) is 0.653. The lowest BCUT2D eigenvalue weighted by atomic mass is 10.2. The van der Waals surface area contributed by atoms with Crippen molar-refractivity contribution in [1.82, 2.24) is 14.6 Å². The molecular formula is C12H11N3O. The maximum absolute atomic E-state index is 5.19. The summed E-state index contributed by atoms with van der Waals surface area (Å²) in [5.41, 5.74) is 1.10. The highest BCUT2D eigenvalue weighted by molar-refractivity contribution is 5.81. The van der Waals surface area contributed by atoms with Gasteiger partial charge in [0.2, 0.25) is 0 Å². The summed E-state index contributed by atoms with van der Waals surface area (Å²) in [6.45, 7) is 0. The Morgan fingerprint density at radius 2 is 2.12 bits per heavy atom. The van der Waals surface area contributed by atoms with Crippen molar-refractivity contribution in [1.29, 1.82) is 0 Å². The number of ether oxygens (including phenoxy) is 1. The van der Waals surface area contributed by atoms with Crippen LogP contribution in [0.25, 0.3) is 10.9 Å². The molecule has 3 rings (SSSR count). The van der Waals surface area contributed by atoms with Crippen LogP contribution in [0.15, 0.2) is 48.9 Å². The zero-order valence-corrected chi connectivity index (χ0v) is 8.87. The molecule has 0 aliphatic rings. The molecular weight excluding hydrogens is 202 g/mol. The van der Waals surface area contributed by atoms with Crippen LogP contribution in [0.3, 0.4) is 0 Å². The summed E-state index contributed by atoms with van der Waals surface area (Å²) in [6, 6.07) is 9.92. The summed E-state index contributed by atoms with van der Waals surface area (Å²) in [6.07, 6.45) is 5.65. The Labute approximate surface area is 92.6 Å². The lowest BCUT2D eigenvalue weighted by Crippen LogP contribution is -2.07. The number of aromatic nitrogens is 3. The number of fused-ring (bicyclic) bond motifs is 1. The largest absolute Gasteiger partial charge is 0.497 e. The Morgan fingerprint density at radius 3 is 2.88 bits per heavy atom. The minimum absolute atomic E-state index is 0.866. The first-order valence-electron chi connectivity index (χ1n) is 5.04. The number of methoxy groups -OCH3 is 1. The van der Waals surface area contributed by atoms with Crippen LogP contribution in [0.1, 0.15) is 0 Å². The first kappa shape index (κ1) is 9.03. The van der Waals surface area contributed by atoms with Gasteiger partial charge in [0.05, 0.1) is 18.8 Å². The Hall–Kier alpha value is -2.23. The van der Waals surface area contributed by atoms with Gasteiger partial charge in [0, 0.05) is 17.8 Å². The van der Waals surface area contributed by atoms with Gasteiger partial charge in [-0.2, -0.15) is 9.89 Å². The van der Waals surface area contributed by atoms with Crippen LogP contribution in [-0.4, -0.2) is 21.7 Å². The van der Waals surface area contributed by atoms with Crippen molar-refractivity contribution in [2.45, 2.75) is 0 Å². The van der Waals surface area contributed by atoms with Gasteiger partial charge in [-0.1, -0.05) is 0 Å². The minimum atomic E-state index is 0.866. The van der Waals surface area contributed by atoms with Crippen molar-refractivity contribution in [3.8, 4) is 5.75 Å². The Kier molecular flexibility index (Phi) is 1.93. The molecule has 0 aliphatic heterocycles. The van der Waals surface area contributed by atoms with Crippen molar-refractivity contribution in [3.63, 3.8) is 0 Å². The van der Waals surface area contributed by atoms with Gasteiger partial charge in [0.15, 0.2) is 0 Å². The van der Waals surface area contributed by atoms with Crippen LogP contribution in [-0.2, 0) is 0 Å². The standard InChI is InChI=1S/C12H11N3O/c1-16-11-3-4-12-10(9-11)5-8-14(12)15-7-2-6-13-15/h2-9H,1H3. The predicted octanol–water partition coefficient (Wildman–Crippen LogP) is 2.16. The average Bonchev–Trinajstić information content (AvgIpc) is 2.96. The van der Waals surface area contributed by atoms with Crippen LogP contribution in [0.4, 0.5) is 0 Å². The summed E-state index contributed by atoms with van der Waals surface area (Å²) in [4.78, 5) is 1.79. The lowest BCUT2D eigenvalue weighted by molar-refractivity contribution is 0.415. The Morgan fingerprint density at radius 1 is 1.19 bits per heavy atom. The fourth-order valence-corrected chi connectivity index (χ4v) is 1.80. The molecule has 0 N–H and O–H groups in total. The van der Waals surface area contributed by atoms with Gasteiger partial charge < -0.3 is 4.74 Å². The van der Waals surface area contributed by atoms with Crippen molar-refractivity contribution in [3.05, 3.63) is 48.9 Å². The molecule has 0 bridgehead atoms. The predicted molar refractivity (Wildman–Crippen MR) is 61.5 cm³/mol. The van der Waals surface area contributed by atoms with Gasteiger partial charge in [-0.15, -0.1) is 0 Å². The summed E-state index contributed by atoms with van der Waals surface area (Å²) in [5, 5.41) is 5.33. The SMILES string of the molecule is COc1ccc2c(ccn2-n2cccn2)c1. The highest BCUT2D eigenvalue weighted by atomic mass is 16.5. The van der Waals surface area contributed by atoms with E-state index in [2.05, 4.69) is 5.10 Å². The van der Waals surface area contributed by atoms with Gasteiger partial charge in [0.25, 0.3) is 0 Å². The van der Waals surface area contributed by atoms with E-state index in [1.165, 1.54) is 0 Å². The van der Waals surface area contributed by atoms with Gasteiger partial charge in [0.1, 0.15) is 5.75 Å². The van der Waals surface area contributed by atoms with Crippen molar-refractivity contribution in [2.24, 2.45) is 0 Å². The molecule has 0 aliphatic carbocycles. The van der Waals surface area contributed by atoms with Crippen molar-refractivity contribution < 1.29 is 4.74 Å². The van der Waals surface area contributed by atoms with Gasteiger partial charge in [-0.3, -0.25) is 0 Å². The van der Waals surface area contributed by atoms with Crippen LogP contribution in [0.2, 0.25) is 0 Å². The molecule has 80 valence electrons. The molecule has 4 heteroatoms. The second kappa shape index (κ2) is 3.41. The van der Waals surface area contributed by atoms with E-state index in [1.807, 2.05) is 47.4 Å². The summed E-state index contributed by atoms with van der Waals surface area (Å²) < 4.78 is 7.17. The van der Waals surface area contributed by atoms with E-state index in [-0.39, 0.29) is 0 Å². The molecule has 16 heavy (non-hydrogen) atoms. The third-order valence-electron chi connectivity index (χ3n) is 2.59. The van der Waals surface area contributed by atoms with E-state index in [1.54, 1.807) is 18.1 Å². The minimum Gasteiger partial charge on any atom is -0.497 e. The molecule has 0 saturated carbocycles. The Bertz CT molecular complexity index is 610. The molecule has 0 spiro atoms. The third-order valence-corrected chi connectivity index (χ3v) is 2.59. The lowest BCUT2D eigenvalue weighted by Gasteiger charge is -2.05. The maximum Gasteiger partial charge on any atom is 0.119 e. The molecule has 3 aromatic rings. The van der Waals surface area contributed by atoms with Gasteiger partial charge >= 0.3 is 0 Å². The summed E-state index contributed by atoms with van der Waals surface area (Å²) >= 11 is 0. The number of rotatable bonds is 2. The van der Waals surface area contributed by atoms with E-state index in [4.69, 9.17) is 4.74 Å². The molecule has 0 amide bonds. The van der Waals surface area contributed by atoms with E-state index in [0.717, 1.165) is 16.7 Å².